The highest BCUT2D eigenvalue weighted by Gasteiger charge is 2.07. The first-order valence-electron chi connectivity index (χ1n) is 12.0. The summed E-state index contributed by atoms with van der Waals surface area (Å²) in [6.07, 6.45) is 8.58. The van der Waals surface area contributed by atoms with Crippen molar-refractivity contribution in [1.82, 2.24) is 0 Å². The zero-order valence-corrected chi connectivity index (χ0v) is 20.3. The van der Waals surface area contributed by atoms with Crippen molar-refractivity contribution in [2.24, 2.45) is 0 Å². The number of hydrogen-bond acceptors (Lipinski definition) is 1. The Kier molecular flexibility index (Phi) is 9.21. The van der Waals surface area contributed by atoms with Gasteiger partial charge in [0.25, 0.3) is 0 Å². The molecule has 0 amide bonds. The molecule has 0 fully saturated rings. The SMILES string of the molecule is C=Cc1ccc(CCCCc2cc(C)c(OCCCc3ccc(C=C)c(F)c3)cc2C)cc1F. The van der Waals surface area contributed by atoms with Crippen molar-refractivity contribution in [3.8, 4) is 5.75 Å². The molecule has 0 saturated heterocycles. The third-order valence-electron chi connectivity index (χ3n) is 6.23. The lowest BCUT2D eigenvalue weighted by Crippen LogP contribution is -2.03. The molecule has 0 bridgehead atoms. The van der Waals surface area contributed by atoms with Crippen molar-refractivity contribution in [1.29, 1.82) is 0 Å². The molecule has 3 heteroatoms. The molecular weight excluding hydrogens is 426 g/mol. The largest absolute Gasteiger partial charge is 0.493 e. The minimum atomic E-state index is -0.228. The van der Waals surface area contributed by atoms with E-state index in [1.54, 1.807) is 30.3 Å². The summed E-state index contributed by atoms with van der Waals surface area (Å²) in [5.41, 5.74) is 6.76. The Hall–Kier alpha value is -3.20. The quantitative estimate of drug-likeness (QED) is 0.246. The fraction of sp³-hybridized carbons (Fsp3) is 0.290. The molecule has 0 radical (unpaired) electrons. The van der Waals surface area contributed by atoms with E-state index in [-0.39, 0.29) is 11.6 Å². The molecule has 0 spiro atoms. The average Bonchev–Trinajstić information content (AvgIpc) is 2.82. The number of unbranched alkanes of at least 4 members (excludes halogenated alkanes) is 1. The monoisotopic (exact) mass is 460 g/mol. The third-order valence-corrected chi connectivity index (χ3v) is 6.23. The molecule has 0 unspecified atom stereocenters. The Morgan fingerprint density at radius 2 is 1.26 bits per heavy atom. The molecule has 0 aliphatic carbocycles. The van der Waals surface area contributed by atoms with Gasteiger partial charge in [-0.25, -0.2) is 8.78 Å². The minimum absolute atomic E-state index is 0.202. The van der Waals surface area contributed by atoms with Crippen molar-refractivity contribution in [2.75, 3.05) is 6.61 Å². The van der Waals surface area contributed by atoms with Crippen LogP contribution in [0, 0.1) is 25.5 Å². The Balaban J connectivity index is 1.45. The van der Waals surface area contributed by atoms with Gasteiger partial charge in [-0.2, -0.15) is 0 Å². The van der Waals surface area contributed by atoms with Gasteiger partial charge in [-0.3, -0.25) is 0 Å². The number of halogens is 2. The second-order valence-corrected chi connectivity index (χ2v) is 8.82. The van der Waals surface area contributed by atoms with Crippen LogP contribution < -0.4 is 4.74 Å². The molecule has 0 aliphatic heterocycles. The predicted octanol–water partition coefficient (Wildman–Crippen LogP) is 8.44. The van der Waals surface area contributed by atoms with Gasteiger partial charge in [-0.15, -0.1) is 0 Å². The van der Waals surface area contributed by atoms with Crippen LogP contribution in [-0.4, -0.2) is 6.61 Å². The molecule has 0 atom stereocenters. The summed E-state index contributed by atoms with van der Waals surface area (Å²) in [5, 5.41) is 0. The molecule has 3 rings (SSSR count). The summed E-state index contributed by atoms with van der Waals surface area (Å²) in [6.45, 7) is 12.0. The smallest absolute Gasteiger partial charge is 0.130 e. The molecule has 0 saturated carbocycles. The second-order valence-electron chi connectivity index (χ2n) is 8.82. The number of benzene rings is 3. The van der Waals surface area contributed by atoms with Crippen molar-refractivity contribution >= 4 is 12.2 Å². The van der Waals surface area contributed by atoms with Crippen LogP contribution in [0.5, 0.6) is 5.75 Å². The van der Waals surface area contributed by atoms with Gasteiger partial charge in [0.1, 0.15) is 17.4 Å². The maximum absolute atomic E-state index is 13.9. The first kappa shape index (κ1) is 25.4. The standard InChI is InChI=1S/C31H34F2O/c1-5-26-15-13-24(20-29(26)32)10-7-8-12-28-18-23(4)31(19-22(28)3)34-17-9-11-25-14-16-27(6-2)30(33)21-25/h5-6,13-16,18-21H,1-2,7-12,17H2,3-4H3. The average molecular weight is 461 g/mol. The molecule has 0 heterocycles. The van der Waals surface area contributed by atoms with Gasteiger partial charge in [0.15, 0.2) is 0 Å². The minimum Gasteiger partial charge on any atom is -0.493 e. The number of ether oxygens (including phenoxy) is 1. The molecular formula is C31H34F2O. The summed E-state index contributed by atoms with van der Waals surface area (Å²) in [4.78, 5) is 0. The van der Waals surface area contributed by atoms with Gasteiger partial charge in [-0.05, 0) is 98.4 Å². The van der Waals surface area contributed by atoms with E-state index in [1.807, 2.05) is 12.1 Å². The third kappa shape index (κ3) is 6.90. The van der Waals surface area contributed by atoms with E-state index < -0.39 is 0 Å². The van der Waals surface area contributed by atoms with Crippen LogP contribution in [0.4, 0.5) is 8.78 Å². The van der Waals surface area contributed by atoms with Crippen LogP contribution in [0.25, 0.3) is 12.2 Å². The maximum atomic E-state index is 13.9. The Morgan fingerprint density at radius 1 is 0.706 bits per heavy atom. The molecule has 178 valence electrons. The Labute approximate surface area is 202 Å². The molecule has 1 nitrogen and oxygen atoms in total. The highest BCUT2D eigenvalue weighted by Crippen LogP contribution is 2.25. The lowest BCUT2D eigenvalue weighted by Gasteiger charge is -2.14. The maximum Gasteiger partial charge on any atom is 0.130 e. The van der Waals surface area contributed by atoms with Crippen LogP contribution in [0.3, 0.4) is 0 Å². The predicted molar refractivity (Wildman–Crippen MR) is 139 cm³/mol. The highest BCUT2D eigenvalue weighted by molar-refractivity contribution is 5.49. The summed E-state index contributed by atoms with van der Waals surface area (Å²) in [5.74, 6) is 0.479. The van der Waals surface area contributed by atoms with E-state index in [4.69, 9.17) is 4.74 Å². The lowest BCUT2D eigenvalue weighted by molar-refractivity contribution is 0.308. The fourth-order valence-corrected chi connectivity index (χ4v) is 4.16. The van der Waals surface area contributed by atoms with Crippen molar-refractivity contribution in [3.63, 3.8) is 0 Å². The van der Waals surface area contributed by atoms with E-state index >= 15 is 0 Å². The molecule has 0 N–H and O–H groups in total. The topological polar surface area (TPSA) is 9.23 Å². The van der Waals surface area contributed by atoms with Crippen LogP contribution in [0.2, 0.25) is 0 Å². The Morgan fingerprint density at radius 3 is 1.82 bits per heavy atom. The summed E-state index contributed by atoms with van der Waals surface area (Å²) in [7, 11) is 0. The number of hydrogen-bond donors (Lipinski definition) is 0. The lowest BCUT2D eigenvalue weighted by atomic mass is 9.98. The summed E-state index contributed by atoms with van der Waals surface area (Å²) >= 11 is 0. The first-order chi connectivity index (χ1) is 16.4. The van der Waals surface area contributed by atoms with Gasteiger partial charge < -0.3 is 4.74 Å². The highest BCUT2D eigenvalue weighted by atomic mass is 19.1. The molecule has 3 aromatic carbocycles. The van der Waals surface area contributed by atoms with Crippen molar-refractivity contribution in [2.45, 2.75) is 52.4 Å². The fourth-order valence-electron chi connectivity index (χ4n) is 4.16. The van der Waals surface area contributed by atoms with E-state index in [2.05, 4.69) is 39.1 Å². The Bertz CT molecular complexity index is 1060. The summed E-state index contributed by atoms with van der Waals surface area (Å²) in [6, 6.07) is 15.0. The van der Waals surface area contributed by atoms with Gasteiger partial charge in [-0.1, -0.05) is 55.6 Å². The van der Waals surface area contributed by atoms with E-state index in [0.717, 1.165) is 61.0 Å². The first-order valence-corrected chi connectivity index (χ1v) is 12.0. The molecule has 34 heavy (non-hydrogen) atoms. The van der Waals surface area contributed by atoms with Gasteiger partial charge in [0, 0.05) is 11.1 Å². The number of rotatable bonds is 12. The zero-order chi connectivity index (χ0) is 24.5. The second kappa shape index (κ2) is 12.3. The molecule has 0 aromatic heterocycles. The van der Waals surface area contributed by atoms with Gasteiger partial charge in [0.2, 0.25) is 0 Å². The van der Waals surface area contributed by atoms with Crippen LogP contribution >= 0.6 is 0 Å². The van der Waals surface area contributed by atoms with Crippen LogP contribution in [0.1, 0.15) is 58.2 Å². The van der Waals surface area contributed by atoms with Gasteiger partial charge >= 0.3 is 0 Å². The number of aryl methyl sites for hydroxylation is 5. The summed E-state index contributed by atoms with van der Waals surface area (Å²) < 4.78 is 33.8. The molecule has 0 aliphatic rings. The van der Waals surface area contributed by atoms with E-state index in [0.29, 0.717) is 17.7 Å². The van der Waals surface area contributed by atoms with Crippen molar-refractivity contribution < 1.29 is 13.5 Å². The van der Waals surface area contributed by atoms with Crippen LogP contribution in [-0.2, 0) is 19.3 Å². The zero-order valence-electron chi connectivity index (χ0n) is 20.3. The van der Waals surface area contributed by atoms with E-state index in [9.17, 15) is 8.78 Å². The normalized spacial score (nSPS) is 10.8. The van der Waals surface area contributed by atoms with Crippen molar-refractivity contribution in [3.05, 3.63) is 112 Å². The van der Waals surface area contributed by atoms with Crippen LogP contribution in [0.15, 0.2) is 61.7 Å². The molecule has 3 aromatic rings. The van der Waals surface area contributed by atoms with Gasteiger partial charge in [0.05, 0.1) is 6.61 Å². The van der Waals surface area contributed by atoms with E-state index in [1.165, 1.54) is 17.2 Å².